The van der Waals surface area contributed by atoms with E-state index in [0.29, 0.717) is 0 Å². The lowest BCUT2D eigenvalue weighted by molar-refractivity contribution is 0.521. The molecule has 0 amide bonds. The zero-order valence-electron chi connectivity index (χ0n) is 11.5. The predicted octanol–water partition coefficient (Wildman–Crippen LogP) is 4.86. The van der Waals surface area contributed by atoms with Crippen molar-refractivity contribution in [1.82, 2.24) is 0 Å². The van der Waals surface area contributed by atoms with Gasteiger partial charge in [0.15, 0.2) is 0 Å². The summed E-state index contributed by atoms with van der Waals surface area (Å²) in [6, 6.07) is 14.0. The van der Waals surface area contributed by atoms with Crippen molar-refractivity contribution in [2.45, 2.75) is 19.9 Å². The Bertz CT molecular complexity index is 759. The van der Waals surface area contributed by atoms with Crippen LogP contribution in [0.15, 0.2) is 51.4 Å². The topological polar surface area (TPSA) is 39.2 Å². The predicted molar refractivity (Wildman–Crippen MR) is 85.9 cm³/mol. The second kappa shape index (κ2) is 5.08. The van der Waals surface area contributed by atoms with E-state index in [1.165, 1.54) is 5.56 Å². The Morgan fingerprint density at radius 1 is 1.05 bits per heavy atom. The molecule has 0 bridgehead atoms. The average molecular weight is 330 g/mol. The Kier molecular flexibility index (Phi) is 3.40. The number of rotatable bonds is 2. The first kappa shape index (κ1) is 13.4. The van der Waals surface area contributed by atoms with Crippen molar-refractivity contribution in [2.24, 2.45) is 5.73 Å². The minimum absolute atomic E-state index is 0.240. The van der Waals surface area contributed by atoms with Gasteiger partial charge in [-0.15, -0.1) is 0 Å². The largest absolute Gasteiger partial charge is 0.459 e. The number of nitrogens with two attached hydrogens (primary N) is 1. The molecule has 1 heterocycles. The van der Waals surface area contributed by atoms with E-state index < -0.39 is 0 Å². The fourth-order valence-corrected chi connectivity index (χ4v) is 2.74. The third-order valence-corrected chi connectivity index (χ3v) is 4.17. The SMILES string of the molecule is Cc1ccc2oc(C(N)c3ccc(Br)cc3)c(C)c2c1. The van der Waals surface area contributed by atoms with Gasteiger partial charge in [-0.1, -0.05) is 39.7 Å². The smallest absolute Gasteiger partial charge is 0.134 e. The van der Waals surface area contributed by atoms with E-state index in [2.05, 4.69) is 41.9 Å². The van der Waals surface area contributed by atoms with Crippen molar-refractivity contribution in [2.75, 3.05) is 0 Å². The summed E-state index contributed by atoms with van der Waals surface area (Å²) < 4.78 is 7.01. The summed E-state index contributed by atoms with van der Waals surface area (Å²) in [6.07, 6.45) is 0. The molecule has 3 rings (SSSR count). The maximum Gasteiger partial charge on any atom is 0.134 e. The number of benzene rings is 2. The van der Waals surface area contributed by atoms with Gasteiger partial charge in [0.2, 0.25) is 0 Å². The number of halogens is 1. The van der Waals surface area contributed by atoms with Crippen LogP contribution in [0.3, 0.4) is 0 Å². The fraction of sp³-hybridized carbons (Fsp3) is 0.176. The molecule has 0 aliphatic carbocycles. The highest BCUT2D eigenvalue weighted by Gasteiger charge is 2.18. The summed E-state index contributed by atoms with van der Waals surface area (Å²) in [5.41, 5.74) is 10.7. The molecule has 0 aliphatic heterocycles. The molecule has 0 spiro atoms. The number of aryl methyl sites for hydroxylation is 2. The summed E-state index contributed by atoms with van der Waals surface area (Å²) in [5, 5.41) is 1.15. The quantitative estimate of drug-likeness (QED) is 0.729. The monoisotopic (exact) mass is 329 g/mol. The molecule has 20 heavy (non-hydrogen) atoms. The molecule has 102 valence electrons. The summed E-state index contributed by atoms with van der Waals surface area (Å²) in [7, 11) is 0. The summed E-state index contributed by atoms with van der Waals surface area (Å²) in [6.45, 7) is 4.15. The molecule has 3 aromatic rings. The molecule has 2 N–H and O–H groups in total. The maximum atomic E-state index is 6.36. The van der Waals surface area contributed by atoms with E-state index in [0.717, 1.165) is 32.3 Å². The van der Waals surface area contributed by atoms with Crippen molar-refractivity contribution in [3.05, 3.63) is 69.4 Å². The Hall–Kier alpha value is -1.58. The van der Waals surface area contributed by atoms with Crippen LogP contribution in [-0.4, -0.2) is 0 Å². The molecule has 0 saturated heterocycles. The van der Waals surface area contributed by atoms with E-state index in [9.17, 15) is 0 Å². The molecule has 0 fully saturated rings. The lowest BCUT2D eigenvalue weighted by Crippen LogP contribution is -2.11. The van der Waals surface area contributed by atoms with Gasteiger partial charge < -0.3 is 10.2 Å². The Morgan fingerprint density at radius 2 is 1.75 bits per heavy atom. The molecule has 0 radical (unpaired) electrons. The maximum absolute atomic E-state index is 6.36. The van der Waals surface area contributed by atoms with Crippen molar-refractivity contribution < 1.29 is 4.42 Å². The van der Waals surface area contributed by atoms with Crippen LogP contribution in [0.5, 0.6) is 0 Å². The van der Waals surface area contributed by atoms with Crippen LogP contribution in [0.4, 0.5) is 0 Å². The number of fused-ring (bicyclic) bond motifs is 1. The first-order valence-corrected chi connectivity index (χ1v) is 7.36. The molecule has 0 saturated carbocycles. The summed E-state index contributed by atoms with van der Waals surface area (Å²) in [5.74, 6) is 0.841. The van der Waals surface area contributed by atoms with Crippen LogP contribution in [-0.2, 0) is 0 Å². The van der Waals surface area contributed by atoms with Crippen molar-refractivity contribution in [3.63, 3.8) is 0 Å². The summed E-state index contributed by atoms with van der Waals surface area (Å²) in [4.78, 5) is 0. The lowest BCUT2D eigenvalue weighted by atomic mass is 10.0. The second-order valence-corrected chi connectivity index (χ2v) is 6.04. The van der Waals surface area contributed by atoms with Crippen LogP contribution >= 0.6 is 15.9 Å². The number of furan rings is 1. The molecule has 1 atom stereocenters. The van der Waals surface area contributed by atoms with E-state index in [1.807, 2.05) is 30.3 Å². The van der Waals surface area contributed by atoms with E-state index in [-0.39, 0.29) is 6.04 Å². The average Bonchev–Trinajstić information content (AvgIpc) is 2.76. The van der Waals surface area contributed by atoms with Crippen molar-refractivity contribution in [1.29, 1.82) is 0 Å². The van der Waals surface area contributed by atoms with Gasteiger partial charge in [-0.25, -0.2) is 0 Å². The van der Waals surface area contributed by atoms with Crippen LogP contribution in [0.1, 0.15) is 28.5 Å². The van der Waals surface area contributed by atoms with Crippen LogP contribution in [0.2, 0.25) is 0 Å². The Balaban J connectivity index is 2.09. The van der Waals surface area contributed by atoms with Crippen molar-refractivity contribution >= 4 is 26.9 Å². The first-order valence-electron chi connectivity index (χ1n) is 6.57. The Morgan fingerprint density at radius 3 is 2.45 bits per heavy atom. The van der Waals surface area contributed by atoms with Crippen LogP contribution < -0.4 is 5.73 Å². The Labute approximate surface area is 126 Å². The van der Waals surface area contributed by atoms with Gasteiger partial charge in [0.05, 0.1) is 6.04 Å². The lowest BCUT2D eigenvalue weighted by Gasteiger charge is -2.10. The number of hydrogen-bond donors (Lipinski definition) is 1. The van der Waals surface area contributed by atoms with E-state index in [4.69, 9.17) is 10.2 Å². The van der Waals surface area contributed by atoms with E-state index >= 15 is 0 Å². The first-order chi connectivity index (χ1) is 9.56. The van der Waals surface area contributed by atoms with Gasteiger partial charge in [-0.05, 0) is 43.7 Å². The molecule has 2 aromatic carbocycles. The molecule has 2 nitrogen and oxygen atoms in total. The molecule has 1 aromatic heterocycles. The van der Waals surface area contributed by atoms with Crippen molar-refractivity contribution in [3.8, 4) is 0 Å². The van der Waals surface area contributed by atoms with Gasteiger partial charge in [-0.2, -0.15) is 0 Å². The van der Waals surface area contributed by atoms with Gasteiger partial charge in [0, 0.05) is 15.4 Å². The van der Waals surface area contributed by atoms with Gasteiger partial charge >= 0.3 is 0 Å². The van der Waals surface area contributed by atoms with Gasteiger partial charge in [-0.3, -0.25) is 0 Å². The zero-order chi connectivity index (χ0) is 14.3. The molecule has 0 aliphatic rings. The molecular weight excluding hydrogens is 314 g/mol. The fourth-order valence-electron chi connectivity index (χ4n) is 2.47. The highest BCUT2D eigenvalue weighted by molar-refractivity contribution is 9.10. The highest BCUT2D eigenvalue weighted by Crippen LogP contribution is 2.32. The van der Waals surface area contributed by atoms with Crippen LogP contribution in [0, 0.1) is 13.8 Å². The van der Waals surface area contributed by atoms with Gasteiger partial charge in [0.1, 0.15) is 11.3 Å². The highest BCUT2D eigenvalue weighted by atomic mass is 79.9. The minimum Gasteiger partial charge on any atom is -0.459 e. The normalized spacial score (nSPS) is 12.8. The second-order valence-electron chi connectivity index (χ2n) is 5.12. The van der Waals surface area contributed by atoms with Gasteiger partial charge in [0.25, 0.3) is 0 Å². The number of hydrogen-bond acceptors (Lipinski definition) is 2. The summed E-state index contributed by atoms with van der Waals surface area (Å²) >= 11 is 3.44. The minimum atomic E-state index is -0.240. The van der Waals surface area contributed by atoms with E-state index in [1.54, 1.807) is 0 Å². The standard InChI is InChI=1S/C17H16BrNO/c1-10-3-8-15-14(9-10)11(2)17(20-15)16(19)12-4-6-13(18)7-5-12/h3-9,16H,19H2,1-2H3. The zero-order valence-corrected chi connectivity index (χ0v) is 13.1. The molecular formula is C17H16BrNO. The third-order valence-electron chi connectivity index (χ3n) is 3.64. The third kappa shape index (κ3) is 2.28. The van der Waals surface area contributed by atoms with Crippen LogP contribution in [0.25, 0.3) is 11.0 Å². The molecule has 1 unspecified atom stereocenters. The molecule has 3 heteroatoms.